The van der Waals surface area contributed by atoms with Crippen LogP contribution in [-0.2, 0) is 6.42 Å². The smallest absolute Gasteiger partial charge is 0.0402 e. The molecule has 0 saturated heterocycles. The zero-order valence-corrected chi connectivity index (χ0v) is 17.9. The van der Waals surface area contributed by atoms with Crippen molar-refractivity contribution in [2.45, 2.75) is 59.8 Å². The Morgan fingerprint density at radius 3 is 1.19 bits per heavy atom. The second-order valence-corrected chi connectivity index (χ2v) is 7.41. The molecule has 0 atom stereocenters. The standard InChI is InChI=1S/C25H38N2/c1-5-17-26(18-6-2)24-15-11-9-13-22(24)21-23-14-10-12-16-25(23)27(19-7-3)20-8-4/h9-16H,5-8,17-21H2,1-4H3. The molecule has 0 unspecified atom stereocenters. The van der Waals surface area contributed by atoms with Crippen molar-refractivity contribution in [3.8, 4) is 0 Å². The van der Waals surface area contributed by atoms with Crippen LogP contribution in [0.15, 0.2) is 48.5 Å². The molecule has 0 spiro atoms. The van der Waals surface area contributed by atoms with Crippen molar-refractivity contribution < 1.29 is 0 Å². The monoisotopic (exact) mass is 366 g/mol. The summed E-state index contributed by atoms with van der Waals surface area (Å²) in [5.41, 5.74) is 5.71. The van der Waals surface area contributed by atoms with Gasteiger partial charge in [0.2, 0.25) is 0 Å². The lowest BCUT2D eigenvalue weighted by Gasteiger charge is -2.29. The van der Waals surface area contributed by atoms with E-state index in [9.17, 15) is 0 Å². The van der Waals surface area contributed by atoms with Crippen molar-refractivity contribution in [2.24, 2.45) is 0 Å². The van der Waals surface area contributed by atoms with Gasteiger partial charge in [0.1, 0.15) is 0 Å². The highest BCUT2D eigenvalue weighted by molar-refractivity contribution is 5.60. The molecule has 0 aromatic heterocycles. The summed E-state index contributed by atoms with van der Waals surface area (Å²) in [5.74, 6) is 0. The van der Waals surface area contributed by atoms with E-state index in [0.717, 1.165) is 32.6 Å². The predicted molar refractivity (Wildman–Crippen MR) is 121 cm³/mol. The Kier molecular flexibility index (Phi) is 9.24. The second-order valence-electron chi connectivity index (χ2n) is 7.41. The number of hydrogen-bond acceptors (Lipinski definition) is 2. The summed E-state index contributed by atoms with van der Waals surface area (Å²) in [4.78, 5) is 5.13. The van der Waals surface area contributed by atoms with Crippen molar-refractivity contribution >= 4 is 11.4 Å². The molecule has 0 saturated carbocycles. The van der Waals surface area contributed by atoms with Crippen molar-refractivity contribution in [3.63, 3.8) is 0 Å². The maximum Gasteiger partial charge on any atom is 0.0402 e. The van der Waals surface area contributed by atoms with Crippen LogP contribution in [0.4, 0.5) is 11.4 Å². The van der Waals surface area contributed by atoms with Crippen molar-refractivity contribution in [1.82, 2.24) is 0 Å². The van der Waals surface area contributed by atoms with Gasteiger partial charge >= 0.3 is 0 Å². The normalized spacial score (nSPS) is 10.8. The molecule has 2 heteroatoms. The molecular weight excluding hydrogens is 328 g/mol. The van der Waals surface area contributed by atoms with Crippen LogP contribution in [0.25, 0.3) is 0 Å². The van der Waals surface area contributed by atoms with Crippen LogP contribution in [-0.4, -0.2) is 26.2 Å². The molecule has 0 aliphatic heterocycles. The molecule has 2 nitrogen and oxygen atoms in total. The number of nitrogens with zero attached hydrogens (tertiary/aromatic N) is 2. The van der Waals surface area contributed by atoms with Gasteiger partial charge in [0, 0.05) is 44.0 Å². The first-order chi connectivity index (χ1) is 13.2. The van der Waals surface area contributed by atoms with Gasteiger partial charge in [-0.1, -0.05) is 64.1 Å². The van der Waals surface area contributed by atoms with Gasteiger partial charge in [-0.2, -0.15) is 0 Å². The third-order valence-electron chi connectivity index (χ3n) is 5.02. The largest absolute Gasteiger partial charge is 0.371 e. The fourth-order valence-electron chi connectivity index (χ4n) is 3.93. The van der Waals surface area contributed by atoms with E-state index >= 15 is 0 Å². The van der Waals surface area contributed by atoms with Gasteiger partial charge in [0.25, 0.3) is 0 Å². The molecule has 0 heterocycles. The number of benzene rings is 2. The summed E-state index contributed by atoms with van der Waals surface area (Å²) >= 11 is 0. The third-order valence-corrected chi connectivity index (χ3v) is 5.02. The molecule has 2 rings (SSSR count). The van der Waals surface area contributed by atoms with E-state index in [2.05, 4.69) is 86.0 Å². The Bertz CT molecular complexity index is 595. The summed E-state index contributed by atoms with van der Waals surface area (Å²) in [6.45, 7) is 13.6. The molecule has 0 radical (unpaired) electrons. The average Bonchev–Trinajstić information content (AvgIpc) is 2.69. The summed E-state index contributed by atoms with van der Waals surface area (Å²) in [5, 5.41) is 0. The van der Waals surface area contributed by atoms with Crippen molar-refractivity contribution in [2.75, 3.05) is 36.0 Å². The van der Waals surface area contributed by atoms with E-state index in [4.69, 9.17) is 0 Å². The highest BCUT2D eigenvalue weighted by Crippen LogP contribution is 2.28. The van der Waals surface area contributed by atoms with Crippen LogP contribution in [0.3, 0.4) is 0 Å². The Hall–Kier alpha value is -1.96. The summed E-state index contributed by atoms with van der Waals surface area (Å²) in [6, 6.07) is 18.0. The number of rotatable bonds is 12. The van der Waals surface area contributed by atoms with Gasteiger partial charge in [0.15, 0.2) is 0 Å². The lowest BCUT2D eigenvalue weighted by atomic mass is 10.00. The molecule has 0 amide bonds. The number of para-hydroxylation sites is 2. The van der Waals surface area contributed by atoms with Crippen LogP contribution in [0.5, 0.6) is 0 Å². The molecule has 0 fully saturated rings. The lowest BCUT2D eigenvalue weighted by molar-refractivity contribution is 0.737. The molecular formula is C25H38N2. The van der Waals surface area contributed by atoms with Gasteiger partial charge < -0.3 is 9.80 Å². The summed E-state index contributed by atoms with van der Waals surface area (Å²) in [6.07, 6.45) is 5.75. The first-order valence-corrected chi connectivity index (χ1v) is 10.9. The van der Waals surface area contributed by atoms with E-state index in [-0.39, 0.29) is 0 Å². The Labute approximate surface area is 167 Å². The van der Waals surface area contributed by atoms with Crippen LogP contribution in [0, 0.1) is 0 Å². The van der Waals surface area contributed by atoms with E-state index in [1.807, 2.05) is 0 Å². The van der Waals surface area contributed by atoms with Crippen LogP contribution in [0.2, 0.25) is 0 Å². The molecule has 2 aromatic carbocycles. The molecule has 27 heavy (non-hydrogen) atoms. The zero-order valence-electron chi connectivity index (χ0n) is 17.9. The SMILES string of the molecule is CCCN(CCC)c1ccccc1Cc1ccccc1N(CCC)CCC. The highest BCUT2D eigenvalue weighted by atomic mass is 15.1. The molecule has 0 aliphatic rings. The third kappa shape index (κ3) is 6.02. The van der Waals surface area contributed by atoms with Crippen LogP contribution >= 0.6 is 0 Å². The minimum Gasteiger partial charge on any atom is -0.371 e. The fraction of sp³-hybridized carbons (Fsp3) is 0.520. The average molecular weight is 367 g/mol. The number of hydrogen-bond donors (Lipinski definition) is 0. The molecule has 0 aliphatic carbocycles. The van der Waals surface area contributed by atoms with E-state index in [1.54, 1.807) is 0 Å². The van der Waals surface area contributed by atoms with Gasteiger partial charge in [-0.15, -0.1) is 0 Å². The summed E-state index contributed by atoms with van der Waals surface area (Å²) in [7, 11) is 0. The topological polar surface area (TPSA) is 6.48 Å². The second kappa shape index (κ2) is 11.7. The number of anilines is 2. The first kappa shape index (κ1) is 21.3. The minimum absolute atomic E-state index is 1.00. The minimum atomic E-state index is 1.00. The maximum absolute atomic E-state index is 2.56. The van der Waals surface area contributed by atoms with E-state index < -0.39 is 0 Å². The first-order valence-electron chi connectivity index (χ1n) is 10.9. The lowest BCUT2D eigenvalue weighted by Crippen LogP contribution is -2.27. The molecule has 0 N–H and O–H groups in total. The van der Waals surface area contributed by atoms with Gasteiger partial charge in [-0.05, 0) is 48.9 Å². The maximum atomic E-state index is 2.56. The van der Waals surface area contributed by atoms with Crippen molar-refractivity contribution in [3.05, 3.63) is 59.7 Å². The van der Waals surface area contributed by atoms with Crippen LogP contribution < -0.4 is 9.80 Å². The molecule has 2 aromatic rings. The Morgan fingerprint density at radius 2 is 0.852 bits per heavy atom. The van der Waals surface area contributed by atoms with E-state index in [0.29, 0.717) is 0 Å². The fourth-order valence-corrected chi connectivity index (χ4v) is 3.93. The Morgan fingerprint density at radius 1 is 0.519 bits per heavy atom. The summed E-state index contributed by atoms with van der Waals surface area (Å²) < 4.78 is 0. The Balaban J connectivity index is 2.35. The van der Waals surface area contributed by atoms with Gasteiger partial charge in [0.05, 0.1) is 0 Å². The quantitative estimate of drug-likeness (QED) is 0.421. The molecule has 148 valence electrons. The molecule has 0 bridgehead atoms. The van der Waals surface area contributed by atoms with Gasteiger partial charge in [-0.25, -0.2) is 0 Å². The zero-order chi connectivity index (χ0) is 19.5. The van der Waals surface area contributed by atoms with E-state index in [1.165, 1.54) is 48.2 Å². The van der Waals surface area contributed by atoms with Crippen molar-refractivity contribution in [1.29, 1.82) is 0 Å². The predicted octanol–water partition coefficient (Wildman–Crippen LogP) is 6.53. The van der Waals surface area contributed by atoms with Gasteiger partial charge in [-0.3, -0.25) is 0 Å². The van der Waals surface area contributed by atoms with Crippen LogP contribution in [0.1, 0.15) is 64.5 Å². The highest BCUT2D eigenvalue weighted by Gasteiger charge is 2.14.